The first-order valence-electron chi connectivity index (χ1n) is 12.7. The van der Waals surface area contributed by atoms with E-state index in [0.29, 0.717) is 24.5 Å². The number of carbonyl (C=O) groups excluding carboxylic acids is 2. The van der Waals surface area contributed by atoms with E-state index in [4.69, 9.17) is 9.47 Å². The maximum atomic E-state index is 14.0. The zero-order valence-electron chi connectivity index (χ0n) is 22.7. The van der Waals surface area contributed by atoms with Gasteiger partial charge in [0.15, 0.2) is 0 Å². The molecule has 0 saturated carbocycles. The summed E-state index contributed by atoms with van der Waals surface area (Å²) in [5, 5.41) is 2.79. The van der Waals surface area contributed by atoms with Gasteiger partial charge in [0.05, 0.1) is 24.8 Å². The molecule has 0 bridgehead atoms. The average molecular weight is 554 g/mol. The van der Waals surface area contributed by atoms with Crippen molar-refractivity contribution in [2.45, 2.75) is 37.8 Å². The second-order valence-corrected chi connectivity index (χ2v) is 10.5. The lowest BCUT2D eigenvalue weighted by Crippen LogP contribution is -2.52. The zero-order valence-corrected chi connectivity index (χ0v) is 23.5. The Morgan fingerprint density at radius 3 is 2.10 bits per heavy atom. The Labute approximate surface area is 230 Å². The SMILES string of the molecule is CCNC(=O)C(CC)N(Cc1ccc(OC)cc1)C(=O)CN(c1ccccc1OC)S(=O)(=O)c1ccccc1. The lowest BCUT2D eigenvalue weighted by atomic mass is 10.1. The first kappa shape index (κ1) is 29.5. The van der Waals surface area contributed by atoms with Gasteiger partial charge in [0.1, 0.15) is 24.1 Å². The predicted molar refractivity (Wildman–Crippen MR) is 150 cm³/mol. The number of benzene rings is 3. The van der Waals surface area contributed by atoms with Crippen molar-refractivity contribution in [2.24, 2.45) is 0 Å². The molecule has 0 saturated heterocycles. The smallest absolute Gasteiger partial charge is 0.264 e. The molecule has 0 fully saturated rings. The largest absolute Gasteiger partial charge is 0.497 e. The van der Waals surface area contributed by atoms with Crippen LogP contribution in [0.4, 0.5) is 5.69 Å². The lowest BCUT2D eigenvalue weighted by Gasteiger charge is -2.33. The molecule has 1 N–H and O–H groups in total. The molecule has 1 unspecified atom stereocenters. The second kappa shape index (κ2) is 13.7. The van der Waals surface area contributed by atoms with Crippen molar-refractivity contribution in [2.75, 3.05) is 31.6 Å². The van der Waals surface area contributed by atoms with Crippen molar-refractivity contribution in [3.05, 3.63) is 84.4 Å². The number of rotatable bonds is 13. The van der Waals surface area contributed by atoms with Gasteiger partial charge in [0, 0.05) is 13.1 Å². The molecule has 0 aliphatic rings. The van der Waals surface area contributed by atoms with Gasteiger partial charge in [-0.2, -0.15) is 0 Å². The highest BCUT2D eigenvalue weighted by Gasteiger charge is 2.34. The molecule has 10 heteroatoms. The summed E-state index contributed by atoms with van der Waals surface area (Å²) in [6, 6.07) is 20.9. The topological polar surface area (TPSA) is 105 Å². The highest BCUT2D eigenvalue weighted by molar-refractivity contribution is 7.92. The fourth-order valence-corrected chi connectivity index (χ4v) is 5.65. The van der Waals surface area contributed by atoms with Crippen LogP contribution in [0, 0.1) is 0 Å². The van der Waals surface area contributed by atoms with E-state index in [0.717, 1.165) is 9.87 Å². The fraction of sp³-hybridized carbons (Fsp3) is 0.310. The van der Waals surface area contributed by atoms with E-state index in [9.17, 15) is 18.0 Å². The summed E-state index contributed by atoms with van der Waals surface area (Å²) < 4.78 is 39.5. The second-order valence-electron chi connectivity index (χ2n) is 8.68. The Bertz CT molecular complexity index is 1350. The number of hydrogen-bond donors (Lipinski definition) is 1. The van der Waals surface area contributed by atoms with E-state index in [1.807, 2.05) is 19.1 Å². The quantitative estimate of drug-likeness (QED) is 0.345. The Morgan fingerprint density at radius 1 is 0.872 bits per heavy atom. The average Bonchev–Trinajstić information content (AvgIpc) is 2.96. The van der Waals surface area contributed by atoms with Crippen molar-refractivity contribution >= 4 is 27.5 Å². The summed E-state index contributed by atoms with van der Waals surface area (Å²) in [6.45, 7) is 3.58. The summed E-state index contributed by atoms with van der Waals surface area (Å²) in [5.74, 6) is 0.108. The number of sulfonamides is 1. The van der Waals surface area contributed by atoms with Gasteiger partial charge >= 0.3 is 0 Å². The van der Waals surface area contributed by atoms with Gasteiger partial charge in [-0.05, 0) is 55.3 Å². The molecule has 1 atom stereocenters. The zero-order chi connectivity index (χ0) is 28.4. The first-order chi connectivity index (χ1) is 18.8. The molecule has 9 nitrogen and oxygen atoms in total. The summed E-state index contributed by atoms with van der Waals surface area (Å²) in [5.41, 5.74) is 0.981. The lowest BCUT2D eigenvalue weighted by molar-refractivity contribution is -0.140. The van der Waals surface area contributed by atoms with Crippen LogP contribution in [0.1, 0.15) is 25.8 Å². The molecule has 0 aliphatic carbocycles. The Kier molecular flexibility index (Phi) is 10.3. The van der Waals surface area contributed by atoms with Crippen LogP contribution in [0.2, 0.25) is 0 Å². The van der Waals surface area contributed by atoms with Crippen molar-refractivity contribution in [3.63, 3.8) is 0 Å². The van der Waals surface area contributed by atoms with Crippen LogP contribution >= 0.6 is 0 Å². The van der Waals surface area contributed by atoms with Gasteiger partial charge in [-0.25, -0.2) is 8.42 Å². The molecule has 39 heavy (non-hydrogen) atoms. The number of likely N-dealkylation sites (N-methyl/N-ethyl adjacent to an activating group) is 1. The van der Waals surface area contributed by atoms with E-state index in [1.54, 1.807) is 68.6 Å². The van der Waals surface area contributed by atoms with Gasteiger partial charge in [0.2, 0.25) is 11.8 Å². The minimum atomic E-state index is -4.17. The van der Waals surface area contributed by atoms with Crippen molar-refractivity contribution in [1.82, 2.24) is 10.2 Å². The summed E-state index contributed by atoms with van der Waals surface area (Å²) in [6.07, 6.45) is 0.341. The molecule has 2 amide bonds. The van der Waals surface area contributed by atoms with Crippen LogP contribution in [-0.2, 0) is 26.2 Å². The molecule has 208 valence electrons. The predicted octanol–water partition coefficient (Wildman–Crippen LogP) is 3.84. The van der Waals surface area contributed by atoms with Crippen LogP contribution in [0.15, 0.2) is 83.8 Å². The van der Waals surface area contributed by atoms with Crippen LogP contribution in [-0.4, -0.2) is 58.5 Å². The number of carbonyl (C=O) groups is 2. The Hall–Kier alpha value is -4.05. The monoisotopic (exact) mass is 553 g/mol. The molecule has 0 radical (unpaired) electrons. The summed E-state index contributed by atoms with van der Waals surface area (Å²) in [4.78, 5) is 28.5. The number of para-hydroxylation sites is 2. The Balaban J connectivity index is 2.07. The standard InChI is InChI=1S/C29H35N3O6S/c1-5-25(29(34)30-6-2)31(20-22-16-18-23(37-3)19-17-22)28(33)21-32(26-14-10-11-15-27(26)38-4)39(35,36)24-12-8-7-9-13-24/h7-19,25H,5-6,20-21H2,1-4H3,(H,30,34). The minimum absolute atomic E-state index is 0.0289. The fourth-order valence-electron chi connectivity index (χ4n) is 4.21. The van der Waals surface area contributed by atoms with Crippen LogP contribution in [0.3, 0.4) is 0 Å². The molecule has 0 heterocycles. The van der Waals surface area contributed by atoms with Crippen LogP contribution in [0.25, 0.3) is 0 Å². The normalized spacial score (nSPS) is 11.8. The number of nitrogens with zero attached hydrogens (tertiary/aromatic N) is 2. The highest BCUT2D eigenvalue weighted by atomic mass is 32.2. The molecular weight excluding hydrogens is 518 g/mol. The first-order valence-corrected chi connectivity index (χ1v) is 14.1. The third kappa shape index (κ3) is 7.08. The number of methoxy groups -OCH3 is 2. The van der Waals surface area contributed by atoms with E-state index in [2.05, 4.69) is 5.32 Å². The highest BCUT2D eigenvalue weighted by Crippen LogP contribution is 2.32. The molecule has 3 aromatic rings. The Morgan fingerprint density at radius 2 is 1.51 bits per heavy atom. The third-order valence-electron chi connectivity index (χ3n) is 6.21. The van der Waals surface area contributed by atoms with Gasteiger partial charge in [-0.15, -0.1) is 0 Å². The minimum Gasteiger partial charge on any atom is -0.497 e. The molecular formula is C29H35N3O6S. The van der Waals surface area contributed by atoms with Crippen molar-refractivity contribution < 1.29 is 27.5 Å². The number of nitrogens with one attached hydrogen (secondary N) is 1. The van der Waals surface area contributed by atoms with Gasteiger partial charge in [0.25, 0.3) is 10.0 Å². The maximum Gasteiger partial charge on any atom is 0.264 e. The molecule has 3 rings (SSSR count). The van der Waals surface area contributed by atoms with E-state index >= 15 is 0 Å². The third-order valence-corrected chi connectivity index (χ3v) is 7.99. The summed E-state index contributed by atoms with van der Waals surface area (Å²) >= 11 is 0. The summed E-state index contributed by atoms with van der Waals surface area (Å²) in [7, 11) is -1.17. The van der Waals surface area contributed by atoms with Crippen LogP contribution in [0.5, 0.6) is 11.5 Å². The van der Waals surface area contributed by atoms with Gasteiger partial charge < -0.3 is 19.7 Å². The van der Waals surface area contributed by atoms with E-state index in [-0.39, 0.29) is 23.0 Å². The molecule has 0 spiro atoms. The number of amides is 2. The van der Waals surface area contributed by atoms with E-state index < -0.39 is 28.5 Å². The molecule has 0 aromatic heterocycles. The van der Waals surface area contributed by atoms with Gasteiger partial charge in [-0.1, -0.05) is 49.4 Å². The molecule has 0 aliphatic heterocycles. The van der Waals surface area contributed by atoms with Crippen molar-refractivity contribution in [1.29, 1.82) is 0 Å². The maximum absolute atomic E-state index is 14.0. The van der Waals surface area contributed by atoms with Gasteiger partial charge in [-0.3, -0.25) is 13.9 Å². The number of hydrogen-bond acceptors (Lipinski definition) is 6. The number of anilines is 1. The number of ether oxygens (including phenoxy) is 2. The van der Waals surface area contributed by atoms with E-state index in [1.165, 1.54) is 24.1 Å². The van der Waals surface area contributed by atoms with Crippen molar-refractivity contribution in [3.8, 4) is 11.5 Å². The molecule has 3 aromatic carbocycles. The van der Waals surface area contributed by atoms with Crippen LogP contribution < -0.4 is 19.1 Å².